The Bertz CT molecular complexity index is 715. The summed E-state index contributed by atoms with van der Waals surface area (Å²) < 4.78 is 2.21. The highest BCUT2D eigenvalue weighted by Gasteiger charge is 2.11. The zero-order valence-corrected chi connectivity index (χ0v) is 10.9. The molecule has 0 aliphatic heterocycles. The maximum Gasteiger partial charge on any atom is 0.115 e. The van der Waals surface area contributed by atoms with E-state index in [2.05, 4.69) is 27.5 Å². The highest BCUT2D eigenvalue weighted by atomic mass is 15.1. The average Bonchev–Trinajstić information content (AvgIpc) is 2.78. The van der Waals surface area contributed by atoms with E-state index in [1.807, 2.05) is 30.3 Å². The number of fused-ring (bicyclic) bond motifs is 1. The van der Waals surface area contributed by atoms with Gasteiger partial charge in [0.1, 0.15) is 5.82 Å². The van der Waals surface area contributed by atoms with Crippen molar-refractivity contribution in [2.45, 2.75) is 19.9 Å². The third kappa shape index (κ3) is 2.05. The molecule has 0 unspecified atom stereocenters. The van der Waals surface area contributed by atoms with Crippen molar-refractivity contribution in [2.75, 3.05) is 5.73 Å². The first kappa shape index (κ1) is 11.7. The number of imidazole rings is 1. The predicted octanol–water partition coefficient (Wildman–Crippen LogP) is 2.62. The van der Waals surface area contributed by atoms with Crippen LogP contribution in [0.5, 0.6) is 0 Å². The van der Waals surface area contributed by atoms with Crippen LogP contribution in [0.4, 0.5) is 5.69 Å². The molecule has 2 heterocycles. The Morgan fingerprint density at radius 3 is 2.79 bits per heavy atom. The Morgan fingerprint density at radius 2 is 2.00 bits per heavy atom. The molecule has 3 rings (SSSR count). The van der Waals surface area contributed by atoms with Crippen molar-refractivity contribution in [2.24, 2.45) is 0 Å². The number of hydrogen-bond donors (Lipinski definition) is 1. The van der Waals surface area contributed by atoms with Crippen molar-refractivity contribution in [3.63, 3.8) is 0 Å². The molecule has 4 heteroatoms. The van der Waals surface area contributed by atoms with Crippen LogP contribution in [0.15, 0.2) is 42.6 Å². The number of aryl methyl sites for hydroxylation is 1. The Kier molecular flexibility index (Phi) is 2.91. The highest BCUT2D eigenvalue weighted by Crippen LogP contribution is 2.19. The summed E-state index contributed by atoms with van der Waals surface area (Å²) in [5.41, 5.74) is 9.74. The molecule has 19 heavy (non-hydrogen) atoms. The third-order valence-electron chi connectivity index (χ3n) is 3.30. The van der Waals surface area contributed by atoms with Crippen molar-refractivity contribution in [3.8, 4) is 0 Å². The topological polar surface area (TPSA) is 56.7 Å². The molecule has 0 saturated carbocycles. The standard InChI is InChI=1S/C15H16N4/c1-2-19-14-8-4-3-7-12(14)18-15(19)10-13-11(16)6-5-9-17-13/h3-9H,2,10,16H2,1H3. The minimum absolute atomic E-state index is 0.662. The lowest BCUT2D eigenvalue weighted by Crippen LogP contribution is -2.05. The first-order valence-corrected chi connectivity index (χ1v) is 6.43. The molecule has 4 nitrogen and oxygen atoms in total. The van der Waals surface area contributed by atoms with E-state index in [9.17, 15) is 0 Å². The van der Waals surface area contributed by atoms with Crippen molar-refractivity contribution in [1.82, 2.24) is 14.5 Å². The van der Waals surface area contributed by atoms with Crippen LogP contribution in [0.25, 0.3) is 11.0 Å². The highest BCUT2D eigenvalue weighted by molar-refractivity contribution is 5.76. The third-order valence-corrected chi connectivity index (χ3v) is 3.30. The van der Waals surface area contributed by atoms with Crippen LogP contribution in [0.1, 0.15) is 18.4 Å². The predicted molar refractivity (Wildman–Crippen MR) is 76.9 cm³/mol. The lowest BCUT2D eigenvalue weighted by atomic mass is 10.2. The van der Waals surface area contributed by atoms with Crippen LogP contribution >= 0.6 is 0 Å². The summed E-state index contributed by atoms with van der Waals surface area (Å²) in [5.74, 6) is 1.01. The first-order valence-electron chi connectivity index (χ1n) is 6.43. The van der Waals surface area contributed by atoms with E-state index in [4.69, 9.17) is 5.73 Å². The SMILES string of the molecule is CCn1c(Cc2ncccc2N)nc2ccccc21. The fourth-order valence-electron chi connectivity index (χ4n) is 2.36. The molecule has 0 aliphatic carbocycles. The van der Waals surface area contributed by atoms with Gasteiger partial charge in [-0.1, -0.05) is 12.1 Å². The van der Waals surface area contributed by atoms with Crippen LogP contribution in [-0.2, 0) is 13.0 Å². The molecule has 0 aliphatic rings. The Hall–Kier alpha value is -2.36. The number of nitrogens with zero attached hydrogens (tertiary/aromatic N) is 3. The van der Waals surface area contributed by atoms with Gasteiger partial charge in [0.05, 0.1) is 28.8 Å². The van der Waals surface area contributed by atoms with Gasteiger partial charge < -0.3 is 10.3 Å². The number of anilines is 1. The average molecular weight is 252 g/mol. The van der Waals surface area contributed by atoms with Gasteiger partial charge in [0, 0.05) is 12.7 Å². The van der Waals surface area contributed by atoms with E-state index in [0.717, 1.165) is 34.8 Å². The summed E-state index contributed by atoms with van der Waals surface area (Å²) in [6.07, 6.45) is 2.43. The number of para-hydroxylation sites is 2. The minimum atomic E-state index is 0.662. The molecule has 0 saturated heterocycles. The Morgan fingerprint density at radius 1 is 1.16 bits per heavy atom. The Labute approximate surface area is 111 Å². The van der Waals surface area contributed by atoms with Crippen molar-refractivity contribution < 1.29 is 0 Å². The van der Waals surface area contributed by atoms with Crippen LogP contribution in [0.3, 0.4) is 0 Å². The normalized spacial score (nSPS) is 11.0. The van der Waals surface area contributed by atoms with Crippen LogP contribution in [0, 0.1) is 0 Å². The molecule has 3 aromatic rings. The van der Waals surface area contributed by atoms with E-state index < -0.39 is 0 Å². The quantitative estimate of drug-likeness (QED) is 0.779. The van der Waals surface area contributed by atoms with E-state index in [1.165, 1.54) is 0 Å². The summed E-state index contributed by atoms with van der Waals surface area (Å²) in [6, 6.07) is 11.9. The minimum Gasteiger partial charge on any atom is -0.397 e. The second-order valence-corrected chi connectivity index (χ2v) is 4.48. The second kappa shape index (κ2) is 4.72. The van der Waals surface area contributed by atoms with Gasteiger partial charge in [-0.15, -0.1) is 0 Å². The van der Waals surface area contributed by atoms with Gasteiger partial charge in [0.2, 0.25) is 0 Å². The molecule has 0 atom stereocenters. The van der Waals surface area contributed by atoms with Gasteiger partial charge in [-0.05, 0) is 31.2 Å². The molecule has 96 valence electrons. The zero-order chi connectivity index (χ0) is 13.2. The van der Waals surface area contributed by atoms with E-state index in [-0.39, 0.29) is 0 Å². The molecule has 0 fully saturated rings. The number of nitrogen functional groups attached to an aromatic ring is 1. The smallest absolute Gasteiger partial charge is 0.115 e. The van der Waals surface area contributed by atoms with Gasteiger partial charge in [-0.25, -0.2) is 4.98 Å². The monoisotopic (exact) mass is 252 g/mol. The molecule has 2 N–H and O–H groups in total. The van der Waals surface area contributed by atoms with E-state index >= 15 is 0 Å². The molecular formula is C15H16N4. The fraction of sp³-hybridized carbons (Fsp3) is 0.200. The number of pyridine rings is 1. The van der Waals surface area contributed by atoms with Gasteiger partial charge in [0.15, 0.2) is 0 Å². The summed E-state index contributed by atoms with van der Waals surface area (Å²) in [6.45, 7) is 3.02. The number of nitrogens with two attached hydrogens (primary N) is 1. The molecule has 1 aromatic carbocycles. The van der Waals surface area contributed by atoms with Crippen molar-refractivity contribution >= 4 is 16.7 Å². The van der Waals surface area contributed by atoms with Crippen LogP contribution < -0.4 is 5.73 Å². The maximum atomic E-state index is 5.95. The largest absolute Gasteiger partial charge is 0.397 e. The van der Waals surface area contributed by atoms with Gasteiger partial charge >= 0.3 is 0 Å². The summed E-state index contributed by atoms with van der Waals surface area (Å²) in [4.78, 5) is 9.03. The second-order valence-electron chi connectivity index (χ2n) is 4.48. The van der Waals surface area contributed by atoms with Crippen LogP contribution in [-0.4, -0.2) is 14.5 Å². The zero-order valence-electron chi connectivity index (χ0n) is 10.9. The fourth-order valence-corrected chi connectivity index (χ4v) is 2.36. The summed E-state index contributed by atoms with van der Waals surface area (Å²) >= 11 is 0. The molecule has 2 aromatic heterocycles. The molecule has 0 bridgehead atoms. The number of benzene rings is 1. The molecule has 0 spiro atoms. The maximum absolute atomic E-state index is 5.95. The summed E-state index contributed by atoms with van der Waals surface area (Å²) in [5, 5.41) is 0. The Balaban J connectivity index is 2.08. The van der Waals surface area contributed by atoms with Gasteiger partial charge in [-0.2, -0.15) is 0 Å². The number of hydrogen-bond acceptors (Lipinski definition) is 3. The van der Waals surface area contributed by atoms with Gasteiger partial charge in [-0.3, -0.25) is 4.98 Å². The molecular weight excluding hydrogens is 236 g/mol. The lowest BCUT2D eigenvalue weighted by Gasteiger charge is -2.07. The van der Waals surface area contributed by atoms with Crippen molar-refractivity contribution in [3.05, 3.63) is 54.1 Å². The van der Waals surface area contributed by atoms with Gasteiger partial charge in [0.25, 0.3) is 0 Å². The van der Waals surface area contributed by atoms with E-state index in [0.29, 0.717) is 6.42 Å². The molecule has 0 radical (unpaired) electrons. The number of rotatable bonds is 3. The lowest BCUT2D eigenvalue weighted by molar-refractivity contribution is 0.729. The van der Waals surface area contributed by atoms with Crippen LogP contribution in [0.2, 0.25) is 0 Å². The summed E-state index contributed by atoms with van der Waals surface area (Å²) in [7, 11) is 0. The van der Waals surface area contributed by atoms with Crippen molar-refractivity contribution in [1.29, 1.82) is 0 Å². The molecule has 0 amide bonds. The first-order chi connectivity index (χ1) is 9.29. The number of aromatic nitrogens is 3. The van der Waals surface area contributed by atoms with E-state index in [1.54, 1.807) is 6.20 Å².